The fraction of sp³-hybridized carbons (Fsp3) is 0.360. The molecule has 7 nitrogen and oxygen atoms in total. The minimum Gasteiger partial charge on any atom is -0.493 e. The van der Waals surface area contributed by atoms with Crippen LogP contribution in [0.1, 0.15) is 45.7 Å². The molecule has 0 aliphatic rings. The summed E-state index contributed by atoms with van der Waals surface area (Å²) in [7, 11) is 0. The Morgan fingerprint density at radius 1 is 1.12 bits per heavy atom. The highest BCUT2D eigenvalue weighted by atomic mass is 32.2. The fourth-order valence-corrected chi connectivity index (χ4v) is 4.02. The van der Waals surface area contributed by atoms with Crippen molar-refractivity contribution < 1.29 is 9.53 Å². The molecule has 0 bridgehead atoms. The number of ether oxygens (including phenoxy) is 1. The number of carbonyl (C=O) groups is 1. The summed E-state index contributed by atoms with van der Waals surface area (Å²) in [5.41, 5.74) is 5.74. The maximum absolute atomic E-state index is 12.3. The SMILES string of the molecule is CCOc1ccccc1/C=N/NC(=O)CSc1nnc(-c2ccc(C(C)(C)C)cc2)n1CC. The van der Waals surface area contributed by atoms with Crippen LogP contribution in [0.4, 0.5) is 0 Å². The molecule has 1 amide bonds. The molecule has 174 valence electrons. The Morgan fingerprint density at radius 3 is 2.52 bits per heavy atom. The van der Waals surface area contributed by atoms with Crippen LogP contribution in [0.5, 0.6) is 5.75 Å². The normalized spacial score (nSPS) is 11.7. The largest absolute Gasteiger partial charge is 0.493 e. The number of hydrogen-bond donors (Lipinski definition) is 1. The maximum atomic E-state index is 12.3. The lowest BCUT2D eigenvalue weighted by molar-refractivity contribution is -0.118. The van der Waals surface area contributed by atoms with Crippen molar-refractivity contribution in [2.75, 3.05) is 12.4 Å². The first-order valence-electron chi connectivity index (χ1n) is 11.0. The lowest BCUT2D eigenvalue weighted by Gasteiger charge is -2.19. The lowest BCUT2D eigenvalue weighted by atomic mass is 9.87. The third-order valence-electron chi connectivity index (χ3n) is 4.99. The number of hydrazone groups is 1. The van der Waals surface area contributed by atoms with E-state index in [1.54, 1.807) is 6.21 Å². The van der Waals surface area contributed by atoms with Crippen LogP contribution in [0, 0.1) is 0 Å². The van der Waals surface area contributed by atoms with Crippen molar-refractivity contribution in [2.45, 2.75) is 51.7 Å². The van der Waals surface area contributed by atoms with E-state index in [0.29, 0.717) is 18.3 Å². The number of carbonyl (C=O) groups excluding carboxylic acids is 1. The van der Waals surface area contributed by atoms with Gasteiger partial charge in [-0.25, -0.2) is 5.43 Å². The van der Waals surface area contributed by atoms with E-state index in [1.807, 2.05) is 42.7 Å². The van der Waals surface area contributed by atoms with E-state index in [0.717, 1.165) is 22.7 Å². The van der Waals surface area contributed by atoms with Crippen LogP contribution in [0.15, 0.2) is 58.8 Å². The lowest BCUT2D eigenvalue weighted by Crippen LogP contribution is -2.20. The van der Waals surface area contributed by atoms with E-state index in [9.17, 15) is 4.79 Å². The number of rotatable bonds is 9. The minimum atomic E-state index is -0.216. The predicted octanol–water partition coefficient (Wildman–Crippen LogP) is 4.90. The van der Waals surface area contributed by atoms with E-state index in [4.69, 9.17) is 4.74 Å². The fourth-order valence-electron chi connectivity index (χ4n) is 3.22. The van der Waals surface area contributed by atoms with Gasteiger partial charge < -0.3 is 9.30 Å². The number of amides is 1. The van der Waals surface area contributed by atoms with E-state index in [-0.39, 0.29) is 17.1 Å². The van der Waals surface area contributed by atoms with Gasteiger partial charge in [0.05, 0.1) is 18.6 Å². The number of thioether (sulfide) groups is 1. The van der Waals surface area contributed by atoms with E-state index < -0.39 is 0 Å². The van der Waals surface area contributed by atoms with Crippen LogP contribution < -0.4 is 10.2 Å². The highest BCUT2D eigenvalue weighted by molar-refractivity contribution is 7.99. The number of hydrogen-bond acceptors (Lipinski definition) is 6. The maximum Gasteiger partial charge on any atom is 0.250 e. The Morgan fingerprint density at radius 2 is 1.85 bits per heavy atom. The summed E-state index contributed by atoms with van der Waals surface area (Å²) in [6, 6.07) is 16.0. The van der Waals surface area contributed by atoms with Gasteiger partial charge in [0.25, 0.3) is 5.91 Å². The molecule has 1 heterocycles. The molecule has 0 spiro atoms. The summed E-state index contributed by atoms with van der Waals surface area (Å²) < 4.78 is 7.58. The zero-order chi connectivity index (χ0) is 23.8. The second-order valence-electron chi connectivity index (χ2n) is 8.43. The summed E-state index contributed by atoms with van der Waals surface area (Å²) in [6.45, 7) is 11.8. The third kappa shape index (κ3) is 6.44. The average Bonchev–Trinajstić information content (AvgIpc) is 3.21. The van der Waals surface area contributed by atoms with Gasteiger partial charge in [-0.2, -0.15) is 5.10 Å². The summed E-state index contributed by atoms with van der Waals surface area (Å²) in [5, 5.41) is 13.4. The first-order valence-corrected chi connectivity index (χ1v) is 12.0. The Hall–Kier alpha value is -3.13. The molecule has 1 N–H and O–H groups in total. The van der Waals surface area contributed by atoms with Crippen molar-refractivity contribution in [1.82, 2.24) is 20.2 Å². The Labute approximate surface area is 199 Å². The highest BCUT2D eigenvalue weighted by Crippen LogP contribution is 2.27. The van der Waals surface area contributed by atoms with Crippen molar-refractivity contribution in [1.29, 1.82) is 0 Å². The van der Waals surface area contributed by atoms with Crippen molar-refractivity contribution in [2.24, 2.45) is 5.10 Å². The van der Waals surface area contributed by atoms with Crippen LogP contribution in [0.3, 0.4) is 0 Å². The van der Waals surface area contributed by atoms with E-state index in [2.05, 4.69) is 65.8 Å². The van der Waals surface area contributed by atoms with Crippen molar-refractivity contribution in [3.05, 3.63) is 59.7 Å². The Balaban J connectivity index is 1.62. The first-order chi connectivity index (χ1) is 15.8. The monoisotopic (exact) mass is 465 g/mol. The molecule has 0 unspecified atom stereocenters. The molecule has 0 atom stereocenters. The number of aromatic nitrogens is 3. The van der Waals surface area contributed by atoms with Crippen LogP contribution in [-0.2, 0) is 16.8 Å². The van der Waals surface area contributed by atoms with Gasteiger partial charge >= 0.3 is 0 Å². The first kappa shape index (κ1) is 24.5. The van der Waals surface area contributed by atoms with E-state index in [1.165, 1.54) is 17.3 Å². The average molecular weight is 466 g/mol. The molecule has 0 saturated heterocycles. The van der Waals surface area contributed by atoms with Crippen LogP contribution >= 0.6 is 11.8 Å². The minimum absolute atomic E-state index is 0.0961. The van der Waals surface area contributed by atoms with Gasteiger partial charge in [-0.05, 0) is 37.0 Å². The summed E-state index contributed by atoms with van der Waals surface area (Å²) in [4.78, 5) is 12.3. The standard InChI is InChI=1S/C25H31N5O2S/c1-6-30-23(18-12-14-20(15-13-18)25(3,4)5)28-29-24(30)33-17-22(31)27-26-16-19-10-8-9-11-21(19)32-7-2/h8-16H,6-7,17H2,1-5H3,(H,27,31)/b26-16+. The zero-order valence-corrected chi connectivity index (χ0v) is 20.6. The summed E-state index contributed by atoms with van der Waals surface area (Å²) in [6.07, 6.45) is 1.58. The Bertz CT molecular complexity index is 1100. The number of para-hydroxylation sites is 1. The summed E-state index contributed by atoms with van der Waals surface area (Å²) in [5.74, 6) is 1.50. The molecule has 0 fully saturated rings. The molecule has 1 aromatic heterocycles. The highest BCUT2D eigenvalue weighted by Gasteiger charge is 2.17. The quantitative estimate of drug-likeness (QED) is 0.276. The van der Waals surface area contributed by atoms with Crippen LogP contribution in [0.25, 0.3) is 11.4 Å². The van der Waals surface area contributed by atoms with Gasteiger partial charge in [-0.15, -0.1) is 10.2 Å². The third-order valence-corrected chi connectivity index (χ3v) is 5.95. The van der Waals surface area contributed by atoms with E-state index >= 15 is 0 Å². The molecule has 2 aromatic carbocycles. The molecule has 0 aliphatic heterocycles. The predicted molar refractivity (Wildman–Crippen MR) is 134 cm³/mol. The zero-order valence-electron chi connectivity index (χ0n) is 19.8. The van der Waals surface area contributed by atoms with Gasteiger partial charge in [0.2, 0.25) is 0 Å². The number of benzene rings is 2. The number of nitrogens with one attached hydrogen (secondary N) is 1. The molecule has 3 rings (SSSR count). The van der Waals surface area contributed by atoms with Crippen molar-refractivity contribution >= 4 is 23.9 Å². The molecule has 33 heavy (non-hydrogen) atoms. The molecular weight excluding hydrogens is 434 g/mol. The van der Waals surface area contributed by atoms with Crippen molar-refractivity contribution in [3.8, 4) is 17.1 Å². The molecule has 0 saturated carbocycles. The molecule has 3 aromatic rings. The van der Waals surface area contributed by atoms with Gasteiger partial charge in [0.15, 0.2) is 11.0 Å². The smallest absolute Gasteiger partial charge is 0.250 e. The second-order valence-corrected chi connectivity index (χ2v) is 9.37. The summed E-state index contributed by atoms with van der Waals surface area (Å²) >= 11 is 1.34. The number of nitrogens with zero attached hydrogens (tertiary/aromatic N) is 4. The Kier molecular flexibility index (Phi) is 8.27. The van der Waals surface area contributed by atoms with Crippen LogP contribution in [0.2, 0.25) is 0 Å². The molecular formula is C25H31N5O2S. The topological polar surface area (TPSA) is 81.4 Å². The second kappa shape index (κ2) is 11.1. The van der Waals surface area contributed by atoms with Gasteiger partial charge in [0.1, 0.15) is 5.75 Å². The molecule has 8 heteroatoms. The molecule has 0 aliphatic carbocycles. The van der Waals surface area contributed by atoms with Gasteiger partial charge in [-0.1, -0.05) is 68.9 Å². The molecule has 0 radical (unpaired) electrons. The van der Waals surface area contributed by atoms with Gasteiger partial charge in [-0.3, -0.25) is 4.79 Å². The van der Waals surface area contributed by atoms with Crippen LogP contribution in [-0.4, -0.2) is 39.2 Å². The van der Waals surface area contributed by atoms with Crippen molar-refractivity contribution in [3.63, 3.8) is 0 Å². The van der Waals surface area contributed by atoms with Gasteiger partial charge in [0, 0.05) is 17.7 Å².